The lowest BCUT2D eigenvalue weighted by molar-refractivity contribution is 1.19. The number of hydrogen-bond donors (Lipinski definition) is 2. The van der Waals surface area contributed by atoms with E-state index in [0.717, 1.165) is 28.5 Å². The summed E-state index contributed by atoms with van der Waals surface area (Å²) in [5.41, 5.74) is 9.41. The maximum atomic E-state index is 6.25. The zero-order valence-corrected chi connectivity index (χ0v) is 13.3. The number of fused-ring (bicyclic) bond motifs is 1. The maximum absolute atomic E-state index is 6.25. The molecule has 0 saturated carbocycles. The molecule has 0 unspecified atom stereocenters. The Morgan fingerprint density at radius 3 is 2.90 bits per heavy atom. The number of nitrogens with one attached hydrogen (secondary N) is 1. The zero-order valence-electron chi connectivity index (χ0n) is 10.9. The molecule has 0 atom stereocenters. The lowest BCUT2D eigenvalue weighted by Crippen LogP contribution is -2.10. The van der Waals surface area contributed by atoms with Gasteiger partial charge in [0.1, 0.15) is 21.8 Å². The van der Waals surface area contributed by atoms with E-state index in [4.69, 9.17) is 29.6 Å². The second-order valence-electron chi connectivity index (χ2n) is 4.43. The normalized spacial score (nSPS) is 10.8. The fourth-order valence-electron chi connectivity index (χ4n) is 1.95. The molecule has 0 spiro atoms. The third-order valence-corrected chi connectivity index (χ3v) is 3.96. The first-order valence-corrected chi connectivity index (χ1v) is 7.52. The van der Waals surface area contributed by atoms with Gasteiger partial charge in [-0.25, -0.2) is 4.98 Å². The lowest BCUT2D eigenvalue weighted by Gasteiger charge is -2.10. The number of aryl methyl sites for hydroxylation is 1. The molecular formula is C13H10ClN5S2. The number of nitrogens with zero attached hydrogens (tertiary/aromatic N) is 3. The van der Waals surface area contributed by atoms with Gasteiger partial charge in [0.05, 0.1) is 22.4 Å². The van der Waals surface area contributed by atoms with Crippen LogP contribution < -0.4 is 11.1 Å². The van der Waals surface area contributed by atoms with Gasteiger partial charge in [-0.05, 0) is 31.2 Å². The van der Waals surface area contributed by atoms with Crippen molar-refractivity contribution in [2.45, 2.75) is 6.92 Å². The predicted octanol–water partition coefficient (Wildman–Crippen LogP) is 3.43. The Labute approximate surface area is 135 Å². The zero-order chi connectivity index (χ0) is 15.0. The molecule has 2 heterocycles. The van der Waals surface area contributed by atoms with Gasteiger partial charge in [0.2, 0.25) is 0 Å². The Kier molecular flexibility index (Phi) is 3.71. The van der Waals surface area contributed by atoms with Crippen LogP contribution in [0.25, 0.3) is 11.0 Å². The molecule has 2 aromatic heterocycles. The van der Waals surface area contributed by atoms with E-state index >= 15 is 0 Å². The molecule has 0 amide bonds. The Balaban J connectivity index is 2.08. The van der Waals surface area contributed by atoms with Crippen molar-refractivity contribution in [3.63, 3.8) is 0 Å². The van der Waals surface area contributed by atoms with Crippen LogP contribution in [0.1, 0.15) is 11.3 Å². The van der Waals surface area contributed by atoms with Crippen molar-refractivity contribution in [2.75, 3.05) is 5.32 Å². The minimum absolute atomic E-state index is 0.322. The molecule has 0 bridgehead atoms. The van der Waals surface area contributed by atoms with Gasteiger partial charge >= 0.3 is 0 Å². The van der Waals surface area contributed by atoms with Crippen molar-refractivity contribution < 1.29 is 0 Å². The van der Waals surface area contributed by atoms with Crippen LogP contribution in [0, 0.1) is 6.92 Å². The van der Waals surface area contributed by atoms with Gasteiger partial charge in [-0.3, -0.25) is 0 Å². The van der Waals surface area contributed by atoms with Gasteiger partial charge in [0.15, 0.2) is 0 Å². The summed E-state index contributed by atoms with van der Waals surface area (Å²) in [6.45, 7) is 1.87. The van der Waals surface area contributed by atoms with Crippen molar-refractivity contribution in [3.8, 4) is 0 Å². The number of hydrogen-bond acceptors (Lipinski definition) is 6. The standard InChI is InChI=1S/C13H10ClN5S2/c1-6-4-7(13(15)20)5-10(16-6)17-11-8(14)2-3-9-12(11)19-21-18-9/h2-5H,1H3,(H2,15,20)(H,16,17). The lowest BCUT2D eigenvalue weighted by atomic mass is 10.2. The van der Waals surface area contributed by atoms with E-state index in [0.29, 0.717) is 27.0 Å². The van der Waals surface area contributed by atoms with Crippen LogP contribution in [0.2, 0.25) is 5.02 Å². The average Bonchev–Trinajstić information content (AvgIpc) is 2.90. The van der Waals surface area contributed by atoms with E-state index in [1.807, 2.05) is 19.1 Å². The number of aromatic nitrogens is 3. The highest BCUT2D eigenvalue weighted by atomic mass is 35.5. The predicted molar refractivity (Wildman–Crippen MR) is 90.6 cm³/mol. The number of halogens is 1. The smallest absolute Gasteiger partial charge is 0.131 e. The third-order valence-electron chi connectivity index (χ3n) is 2.87. The molecule has 0 aliphatic carbocycles. The maximum Gasteiger partial charge on any atom is 0.131 e. The molecule has 3 N–H and O–H groups in total. The number of benzene rings is 1. The molecule has 1 aromatic carbocycles. The molecule has 21 heavy (non-hydrogen) atoms. The fraction of sp³-hybridized carbons (Fsp3) is 0.0769. The SMILES string of the molecule is Cc1cc(C(N)=S)cc(Nc2c(Cl)ccc3nsnc23)n1. The fourth-order valence-corrected chi connectivity index (χ4v) is 2.81. The van der Waals surface area contributed by atoms with E-state index < -0.39 is 0 Å². The van der Waals surface area contributed by atoms with Gasteiger partial charge in [0, 0.05) is 11.3 Å². The molecule has 3 rings (SSSR count). The summed E-state index contributed by atoms with van der Waals surface area (Å²) in [6.07, 6.45) is 0. The minimum Gasteiger partial charge on any atom is -0.389 e. The molecule has 0 radical (unpaired) electrons. The Hall–Kier alpha value is -1.83. The van der Waals surface area contributed by atoms with E-state index in [-0.39, 0.29) is 0 Å². The summed E-state index contributed by atoms with van der Waals surface area (Å²) in [6, 6.07) is 7.22. The number of pyridine rings is 1. The van der Waals surface area contributed by atoms with Crippen LogP contribution >= 0.6 is 35.5 Å². The van der Waals surface area contributed by atoms with Crippen LogP contribution in [0.5, 0.6) is 0 Å². The highest BCUT2D eigenvalue weighted by molar-refractivity contribution is 7.80. The molecule has 0 fully saturated rings. The highest BCUT2D eigenvalue weighted by Gasteiger charge is 2.11. The van der Waals surface area contributed by atoms with Crippen molar-refractivity contribution in [3.05, 3.63) is 40.5 Å². The quantitative estimate of drug-likeness (QED) is 0.714. The second kappa shape index (κ2) is 5.51. The molecule has 5 nitrogen and oxygen atoms in total. The topological polar surface area (TPSA) is 76.7 Å². The molecular weight excluding hydrogens is 326 g/mol. The summed E-state index contributed by atoms with van der Waals surface area (Å²) >= 11 is 12.4. The average molecular weight is 336 g/mol. The molecule has 0 aliphatic heterocycles. The van der Waals surface area contributed by atoms with Crippen molar-refractivity contribution in [1.82, 2.24) is 13.7 Å². The van der Waals surface area contributed by atoms with E-state index in [1.165, 1.54) is 0 Å². The number of nitrogens with two attached hydrogens (primary N) is 1. The van der Waals surface area contributed by atoms with E-state index in [1.54, 1.807) is 12.1 Å². The number of anilines is 2. The first-order chi connectivity index (χ1) is 10.0. The summed E-state index contributed by atoms with van der Waals surface area (Å²) in [4.78, 5) is 4.74. The van der Waals surface area contributed by atoms with E-state index in [9.17, 15) is 0 Å². The molecule has 106 valence electrons. The van der Waals surface area contributed by atoms with Gasteiger partial charge in [-0.15, -0.1) is 0 Å². The van der Waals surface area contributed by atoms with Crippen LogP contribution in [-0.4, -0.2) is 18.7 Å². The van der Waals surface area contributed by atoms with Crippen LogP contribution in [0.3, 0.4) is 0 Å². The van der Waals surface area contributed by atoms with E-state index in [2.05, 4.69) is 19.0 Å². The van der Waals surface area contributed by atoms with Crippen molar-refractivity contribution >= 4 is 63.1 Å². The van der Waals surface area contributed by atoms with Crippen LogP contribution in [0.4, 0.5) is 11.5 Å². The van der Waals surface area contributed by atoms with Crippen molar-refractivity contribution in [1.29, 1.82) is 0 Å². The Morgan fingerprint density at radius 2 is 2.14 bits per heavy atom. The highest BCUT2D eigenvalue weighted by Crippen LogP contribution is 2.32. The Bertz CT molecular complexity index is 846. The summed E-state index contributed by atoms with van der Waals surface area (Å²) < 4.78 is 8.46. The third kappa shape index (κ3) is 2.80. The summed E-state index contributed by atoms with van der Waals surface area (Å²) in [5, 5.41) is 3.73. The van der Waals surface area contributed by atoms with Gasteiger partial charge in [-0.2, -0.15) is 8.75 Å². The monoisotopic (exact) mass is 335 g/mol. The van der Waals surface area contributed by atoms with Crippen LogP contribution in [-0.2, 0) is 0 Å². The Morgan fingerprint density at radius 1 is 1.33 bits per heavy atom. The molecule has 0 aliphatic rings. The van der Waals surface area contributed by atoms with Gasteiger partial charge < -0.3 is 11.1 Å². The van der Waals surface area contributed by atoms with Crippen LogP contribution in [0.15, 0.2) is 24.3 Å². The van der Waals surface area contributed by atoms with Crippen molar-refractivity contribution in [2.24, 2.45) is 5.73 Å². The van der Waals surface area contributed by atoms with Gasteiger partial charge in [-0.1, -0.05) is 23.8 Å². The number of rotatable bonds is 3. The molecule has 8 heteroatoms. The minimum atomic E-state index is 0.322. The summed E-state index contributed by atoms with van der Waals surface area (Å²) in [7, 11) is 0. The van der Waals surface area contributed by atoms with Gasteiger partial charge in [0.25, 0.3) is 0 Å². The largest absolute Gasteiger partial charge is 0.389 e. The number of thiocarbonyl (C=S) groups is 1. The molecule has 3 aromatic rings. The molecule has 0 saturated heterocycles. The first kappa shape index (κ1) is 14.1. The first-order valence-electron chi connectivity index (χ1n) is 6.01. The second-order valence-corrected chi connectivity index (χ2v) is 5.80. The summed E-state index contributed by atoms with van der Waals surface area (Å²) in [5.74, 6) is 0.611.